The monoisotopic (exact) mass is 558 g/mol. The van der Waals surface area contributed by atoms with Gasteiger partial charge in [-0.2, -0.15) is 0 Å². The van der Waals surface area contributed by atoms with Crippen LogP contribution in [0.25, 0.3) is 0 Å². The van der Waals surface area contributed by atoms with Gasteiger partial charge >= 0.3 is 0 Å². The largest absolute Gasteiger partial charge is 0.493 e. The van der Waals surface area contributed by atoms with E-state index in [9.17, 15) is 4.79 Å². The predicted molar refractivity (Wildman–Crippen MR) is 136 cm³/mol. The van der Waals surface area contributed by atoms with E-state index in [0.717, 1.165) is 43.4 Å². The molecule has 31 heavy (non-hydrogen) atoms. The molecule has 0 fully saturated rings. The summed E-state index contributed by atoms with van der Waals surface area (Å²) in [6, 6.07) is 8.29. The number of benzene rings is 1. The van der Waals surface area contributed by atoms with Gasteiger partial charge in [-0.05, 0) is 47.5 Å². The number of halogens is 1. The number of carbonyl (C=O) groups excluding carboxylic acids is 1. The molecule has 0 aliphatic carbocycles. The summed E-state index contributed by atoms with van der Waals surface area (Å²) in [6.07, 6.45) is 1.80. The van der Waals surface area contributed by atoms with Crippen LogP contribution in [0.1, 0.15) is 16.0 Å². The lowest BCUT2D eigenvalue weighted by Gasteiger charge is -2.32. The predicted octanol–water partition coefficient (Wildman–Crippen LogP) is 3.02. The zero-order valence-corrected chi connectivity index (χ0v) is 21.7. The van der Waals surface area contributed by atoms with Crippen molar-refractivity contribution in [1.82, 2.24) is 15.1 Å². The molecular weight excluding hydrogens is 527 g/mol. The van der Waals surface area contributed by atoms with E-state index >= 15 is 0 Å². The summed E-state index contributed by atoms with van der Waals surface area (Å²) in [5.74, 6) is 2.23. The zero-order valence-electron chi connectivity index (χ0n) is 18.5. The molecule has 0 saturated heterocycles. The third-order valence-corrected chi connectivity index (χ3v) is 6.05. The summed E-state index contributed by atoms with van der Waals surface area (Å²) >= 11 is 1.75. The van der Waals surface area contributed by atoms with Crippen LogP contribution >= 0.6 is 35.3 Å². The molecule has 9 heteroatoms. The maximum Gasteiger partial charge on any atom is 0.243 e. The van der Waals surface area contributed by atoms with E-state index in [1.54, 1.807) is 44.6 Å². The molecular formula is C22H31IN4O3S. The van der Waals surface area contributed by atoms with Gasteiger partial charge in [-0.3, -0.25) is 4.79 Å². The third kappa shape index (κ3) is 6.73. The first-order valence-electron chi connectivity index (χ1n) is 10.0. The summed E-state index contributed by atoms with van der Waals surface area (Å²) in [6.45, 7) is 2.43. The average molecular weight is 558 g/mol. The van der Waals surface area contributed by atoms with Gasteiger partial charge in [0.2, 0.25) is 5.91 Å². The SMILES string of the molecule is COc1cc2c(cc1OC)CN(C(=NCC(=O)N(C)C)NCCc1cccs1)CC2.I. The highest BCUT2D eigenvalue weighted by molar-refractivity contribution is 14.0. The molecule has 2 heterocycles. The van der Waals surface area contributed by atoms with Crippen LogP contribution in [0.4, 0.5) is 0 Å². The zero-order chi connectivity index (χ0) is 21.5. The molecule has 1 aromatic carbocycles. The fourth-order valence-electron chi connectivity index (χ4n) is 3.37. The Balaban J connectivity index is 0.00000341. The van der Waals surface area contributed by atoms with Crippen molar-refractivity contribution in [3.63, 3.8) is 0 Å². The van der Waals surface area contributed by atoms with Crippen LogP contribution in [0.15, 0.2) is 34.6 Å². The minimum Gasteiger partial charge on any atom is -0.493 e. The Morgan fingerprint density at radius 3 is 2.55 bits per heavy atom. The molecule has 1 N–H and O–H groups in total. The first kappa shape index (κ1) is 25.3. The number of thiophene rings is 1. The Hall–Kier alpha value is -2.01. The molecule has 3 rings (SSSR count). The van der Waals surface area contributed by atoms with Gasteiger partial charge in [-0.1, -0.05) is 6.07 Å². The quantitative estimate of drug-likeness (QED) is 0.322. The topological polar surface area (TPSA) is 66.4 Å². The molecule has 0 spiro atoms. The number of aliphatic imine (C=N–C) groups is 1. The molecule has 1 aromatic heterocycles. The third-order valence-electron chi connectivity index (χ3n) is 5.12. The molecule has 2 aromatic rings. The molecule has 0 bridgehead atoms. The molecule has 7 nitrogen and oxygen atoms in total. The van der Waals surface area contributed by atoms with Crippen molar-refractivity contribution >= 4 is 47.2 Å². The normalized spacial score (nSPS) is 13.2. The molecule has 0 saturated carbocycles. The number of likely N-dealkylation sites (N-methyl/N-ethyl adjacent to an activating group) is 1. The average Bonchev–Trinajstić information content (AvgIpc) is 3.27. The van der Waals surface area contributed by atoms with Crippen molar-refractivity contribution in [3.8, 4) is 11.5 Å². The fraction of sp³-hybridized carbons (Fsp3) is 0.455. The van der Waals surface area contributed by atoms with E-state index in [-0.39, 0.29) is 36.4 Å². The standard InChI is InChI=1S/C22H30N4O3S.HI/c1-25(2)21(27)14-24-22(23-9-7-18-6-5-11-30-18)26-10-8-16-12-19(28-3)20(29-4)13-17(16)15-26;/h5-6,11-13H,7-10,14-15H2,1-4H3,(H,23,24);1H. The number of methoxy groups -OCH3 is 2. The summed E-state index contributed by atoms with van der Waals surface area (Å²) < 4.78 is 10.9. The smallest absolute Gasteiger partial charge is 0.243 e. The van der Waals surface area contributed by atoms with Gasteiger partial charge < -0.3 is 24.6 Å². The lowest BCUT2D eigenvalue weighted by Crippen LogP contribution is -2.45. The summed E-state index contributed by atoms with van der Waals surface area (Å²) in [7, 11) is 6.80. The minimum absolute atomic E-state index is 0. The van der Waals surface area contributed by atoms with E-state index < -0.39 is 0 Å². The number of carbonyl (C=O) groups is 1. The second kappa shape index (κ2) is 12.1. The van der Waals surface area contributed by atoms with E-state index in [1.165, 1.54) is 16.0 Å². The number of fused-ring (bicyclic) bond motifs is 1. The van der Waals surface area contributed by atoms with Gasteiger partial charge in [0.15, 0.2) is 17.5 Å². The summed E-state index contributed by atoms with van der Waals surface area (Å²) in [5.41, 5.74) is 2.44. The van der Waals surface area contributed by atoms with Crippen LogP contribution < -0.4 is 14.8 Å². The summed E-state index contributed by atoms with van der Waals surface area (Å²) in [5, 5.41) is 5.55. The van der Waals surface area contributed by atoms with E-state index in [2.05, 4.69) is 38.8 Å². The molecule has 0 atom stereocenters. The van der Waals surface area contributed by atoms with Crippen molar-refractivity contribution in [1.29, 1.82) is 0 Å². The highest BCUT2D eigenvalue weighted by Crippen LogP contribution is 2.33. The van der Waals surface area contributed by atoms with Gasteiger partial charge in [0.25, 0.3) is 0 Å². The Morgan fingerprint density at radius 2 is 1.94 bits per heavy atom. The molecule has 170 valence electrons. The molecule has 0 unspecified atom stereocenters. The Bertz CT molecular complexity index is 887. The van der Waals surface area contributed by atoms with E-state index in [0.29, 0.717) is 6.54 Å². The van der Waals surface area contributed by atoms with Crippen LogP contribution in [-0.2, 0) is 24.2 Å². The lowest BCUT2D eigenvalue weighted by atomic mass is 9.99. The van der Waals surface area contributed by atoms with Crippen LogP contribution in [0.3, 0.4) is 0 Å². The maximum atomic E-state index is 12.1. The van der Waals surface area contributed by atoms with Gasteiger partial charge in [0.05, 0.1) is 14.2 Å². The Morgan fingerprint density at radius 1 is 1.23 bits per heavy atom. The number of nitrogens with zero attached hydrogens (tertiary/aromatic N) is 3. The van der Waals surface area contributed by atoms with Crippen molar-refractivity contribution < 1.29 is 14.3 Å². The Kier molecular flexibility index (Phi) is 9.89. The second-order valence-electron chi connectivity index (χ2n) is 7.33. The molecule has 1 aliphatic rings. The highest BCUT2D eigenvalue weighted by Gasteiger charge is 2.22. The minimum atomic E-state index is -0.0172. The summed E-state index contributed by atoms with van der Waals surface area (Å²) in [4.78, 5) is 21.8. The van der Waals surface area contributed by atoms with Crippen molar-refractivity contribution in [2.24, 2.45) is 4.99 Å². The molecule has 0 radical (unpaired) electrons. The number of rotatable bonds is 7. The van der Waals surface area contributed by atoms with Gasteiger partial charge in [0.1, 0.15) is 6.54 Å². The number of hydrogen-bond acceptors (Lipinski definition) is 5. The molecule has 1 amide bonds. The first-order chi connectivity index (χ1) is 14.5. The van der Waals surface area contributed by atoms with Crippen molar-refractivity contribution in [2.75, 3.05) is 47.9 Å². The molecule has 1 aliphatic heterocycles. The number of nitrogens with one attached hydrogen (secondary N) is 1. The van der Waals surface area contributed by atoms with E-state index in [4.69, 9.17) is 9.47 Å². The van der Waals surface area contributed by atoms with Gasteiger partial charge in [0, 0.05) is 38.6 Å². The second-order valence-corrected chi connectivity index (χ2v) is 8.36. The van der Waals surface area contributed by atoms with Gasteiger partial charge in [-0.15, -0.1) is 35.3 Å². The van der Waals surface area contributed by atoms with Crippen molar-refractivity contribution in [3.05, 3.63) is 45.6 Å². The van der Waals surface area contributed by atoms with Gasteiger partial charge in [-0.25, -0.2) is 4.99 Å². The van der Waals surface area contributed by atoms with Crippen LogP contribution in [0, 0.1) is 0 Å². The van der Waals surface area contributed by atoms with Crippen molar-refractivity contribution in [2.45, 2.75) is 19.4 Å². The number of ether oxygens (including phenoxy) is 2. The Labute approximate surface area is 205 Å². The number of hydrogen-bond donors (Lipinski definition) is 1. The number of guanidine groups is 1. The van der Waals surface area contributed by atoms with E-state index in [1.807, 2.05) is 6.07 Å². The fourth-order valence-corrected chi connectivity index (χ4v) is 4.08. The maximum absolute atomic E-state index is 12.1. The first-order valence-corrected chi connectivity index (χ1v) is 10.9. The van der Waals surface area contributed by atoms with Crippen LogP contribution in [-0.4, -0.2) is 69.6 Å². The highest BCUT2D eigenvalue weighted by atomic mass is 127. The lowest BCUT2D eigenvalue weighted by molar-refractivity contribution is -0.127. The number of amides is 1. The van der Waals surface area contributed by atoms with Crippen LogP contribution in [0.2, 0.25) is 0 Å². The van der Waals surface area contributed by atoms with Crippen LogP contribution in [0.5, 0.6) is 11.5 Å².